The van der Waals surface area contributed by atoms with Crippen LogP contribution < -0.4 is 0 Å². The van der Waals surface area contributed by atoms with E-state index in [1.807, 2.05) is 34.9 Å². The van der Waals surface area contributed by atoms with Gasteiger partial charge in [0.2, 0.25) is 0 Å². The van der Waals surface area contributed by atoms with Gasteiger partial charge in [-0.3, -0.25) is 4.57 Å². The largest absolute Gasteiger partial charge is 0.298 e. The first kappa shape index (κ1) is 16.7. The Hall–Kier alpha value is -2.11. The van der Waals surface area contributed by atoms with E-state index >= 15 is 0 Å². The lowest BCUT2D eigenvalue weighted by atomic mass is 10.2. The van der Waals surface area contributed by atoms with E-state index in [9.17, 15) is 4.39 Å². The first-order valence-corrected chi connectivity index (χ1v) is 8.72. The Bertz CT molecular complexity index is 863. The number of hydrogen-bond donors (Lipinski definition) is 0. The Labute approximate surface area is 149 Å². The summed E-state index contributed by atoms with van der Waals surface area (Å²) < 4.78 is 15.7. The third kappa shape index (κ3) is 3.52. The number of halogens is 2. The van der Waals surface area contributed by atoms with Gasteiger partial charge in [0.1, 0.15) is 5.82 Å². The van der Waals surface area contributed by atoms with E-state index in [0.29, 0.717) is 33.9 Å². The van der Waals surface area contributed by atoms with Crippen molar-refractivity contribution in [1.29, 1.82) is 0 Å². The Morgan fingerprint density at radius 2 is 1.88 bits per heavy atom. The quantitative estimate of drug-likeness (QED) is 0.446. The van der Waals surface area contributed by atoms with Crippen LogP contribution in [0.4, 0.5) is 4.39 Å². The van der Waals surface area contributed by atoms with Crippen molar-refractivity contribution in [1.82, 2.24) is 14.8 Å². The van der Waals surface area contributed by atoms with Gasteiger partial charge in [0.15, 0.2) is 11.0 Å². The molecule has 1 heterocycles. The monoisotopic (exact) mass is 359 g/mol. The fourth-order valence-electron chi connectivity index (χ4n) is 2.29. The summed E-state index contributed by atoms with van der Waals surface area (Å²) in [6, 6.07) is 14.2. The highest BCUT2D eigenvalue weighted by molar-refractivity contribution is 7.98. The third-order valence-corrected chi connectivity index (χ3v) is 4.80. The lowest BCUT2D eigenvalue weighted by Crippen LogP contribution is -2.01. The molecule has 1 aromatic heterocycles. The Morgan fingerprint density at radius 1 is 1.12 bits per heavy atom. The Kier molecular flexibility index (Phi) is 5.33. The molecule has 0 saturated heterocycles. The van der Waals surface area contributed by atoms with Crippen LogP contribution >= 0.6 is 23.4 Å². The smallest absolute Gasteiger partial charge is 0.192 e. The Morgan fingerprint density at radius 3 is 2.62 bits per heavy atom. The second-order valence-electron chi connectivity index (χ2n) is 5.07. The standard InChI is InChI=1S/C18H15ClFN3S/c1-2-11-23-17(14-8-4-5-9-15(14)19)21-22-18(23)24-12-13-7-3-6-10-16(13)20/h2-10H,1,11-12H2. The number of allylic oxidation sites excluding steroid dienone is 1. The van der Waals surface area contributed by atoms with Crippen molar-refractivity contribution in [3.05, 3.63) is 77.6 Å². The number of aromatic nitrogens is 3. The van der Waals surface area contributed by atoms with Crippen molar-refractivity contribution < 1.29 is 4.39 Å². The fraction of sp³-hybridized carbons (Fsp3) is 0.111. The summed E-state index contributed by atoms with van der Waals surface area (Å²) in [6.07, 6.45) is 1.77. The average molecular weight is 360 g/mol. The number of nitrogens with zero attached hydrogens (tertiary/aromatic N) is 3. The highest BCUT2D eigenvalue weighted by Crippen LogP contribution is 2.30. The summed E-state index contributed by atoms with van der Waals surface area (Å²) in [4.78, 5) is 0. The van der Waals surface area contributed by atoms with Crippen molar-refractivity contribution in [3.63, 3.8) is 0 Å². The summed E-state index contributed by atoms with van der Waals surface area (Å²) in [5, 5.41) is 9.82. The molecule has 0 radical (unpaired) electrons. The van der Waals surface area contributed by atoms with Gasteiger partial charge in [-0.25, -0.2) is 4.39 Å². The maximum atomic E-state index is 13.8. The van der Waals surface area contributed by atoms with E-state index < -0.39 is 0 Å². The van der Waals surface area contributed by atoms with E-state index in [4.69, 9.17) is 11.6 Å². The minimum atomic E-state index is -0.217. The lowest BCUT2D eigenvalue weighted by molar-refractivity contribution is 0.617. The minimum absolute atomic E-state index is 0.217. The first-order chi connectivity index (χ1) is 11.7. The molecule has 0 amide bonds. The van der Waals surface area contributed by atoms with Crippen LogP contribution in [0.3, 0.4) is 0 Å². The van der Waals surface area contributed by atoms with Gasteiger partial charge in [-0.15, -0.1) is 16.8 Å². The van der Waals surface area contributed by atoms with Crippen LogP contribution in [0, 0.1) is 5.82 Å². The number of rotatable bonds is 6. The molecule has 0 aliphatic rings. The van der Waals surface area contributed by atoms with Gasteiger partial charge < -0.3 is 0 Å². The zero-order chi connectivity index (χ0) is 16.9. The predicted octanol–water partition coefficient (Wildman–Crippen LogP) is 5.22. The minimum Gasteiger partial charge on any atom is -0.298 e. The van der Waals surface area contributed by atoms with Gasteiger partial charge in [0.25, 0.3) is 0 Å². The highest BCUT2D eigenvalue weighted by atomic mass is 35.5. The SMILES string of the molecule is C=CCn1c(SCc2ccccc2F)nnc1-c1ccccc1Cl. The summed E-state index contributed by atoms with van der Waals surface area (Å²) in [5.41, 5.74) is 1.45. The topological polar surface area (TPSA) is 30.7 Å². The zero-order valence-electron chi connectivity index (χ0n) is 12.8. The first-order valence-electron chi connectivity index (χ1n) is 7.36. The molecule has 0 atom stereocenters. The maximum absolute atomic E-state index is 13.8. The van der Waals surface area contributed by atoms with Crippen molar-refractivity contribution in [3.8, 4) is 11.4 Å². The molecule has 0 saturated carbocycles. The predicted molar refractivity (Wildman–Crippen MR) is 96.6 cm³/mol. The van der Waals surface area contributed by atoms with Crippen LogP contribution in [-0.4, -0.2) is 14.8 Å². The lowest BCUT2D eigenvalue weighted by Gasteiger charge is -2.09. The molecule has 0 N–H and O–H groups in total. The zero-order valence-corrected chi connectivity index (χ0v) is 14.4. The van der Waals surface area contributed by atoms with Crippen LogP contribution in [-0.2, 0) is 12.3 Å². The highest BCUT2D eigenvalue weighted by Gasteiger charge is 2.16. The van der Waals surface area contributed by atoms with Gasteiger partial charge in [-0.2, -0.15) is 0 Å². The summed E-state index contributed by atoms with van der Waals surface area (Å²) >= 11 is 7.70. The van der Waals surface area contributed by atoms with Crippen LogP contribution in [0.2, 0.25) is 5.02 Å². The second kappa shape index (κ2) is 7.64. The molecule has 0 unspecified atom stereocenters. The number of benzene rings is 2. The van der Waals surface area contributed by atoms with Crippen LogP contribution in [0.15, 0.2) is 66.3 Å². The molecule has 3 rings (SSSR count). The maximum Gasteiger partial charge on any atom is 0.192 e. The van der Waals surface area contributed by atoms with E-state index in [-0.39, 0.29) is 5.82 Å². The molecular weight excluding hydrogens is 345 g/mol. The van der Waals surface area contributed by atoms with Crippen LogP contribution in [0.5, 0.6) is 0 Å². The summed E-state index contributed by atoms with van der Waals surface area (Å²) in [6.45, 7) is 4.34. The average Bonchev–Trinajstić information content (AvgIpc) is 2.98. The van der Waals surface area contributed by atoms with Crippen LogP contribution in [0.1, 0.15) is 5.56 Å². The van der Waals surface area contributed by atoms with Gasteiger partial charge >= 0.3 is 0 Å². The fourth-order valence-corrected chi connectivity index (χ4v) is 3.44. The van der Waals surface area contributed by atoms with Gasteiger partial charge in [0.05, 0.1) is 5.02 Å². The van der Waals surface area contributed by atoms with Gasteiger partial charge in [-0.1, -0.05) is 59.8 Å². The molecule has 0 spiro atoms. The summed E-state index contributed by atoms with van der Waals surface area (Å²) in [7, 11) is 0. The van der Waals surface area contributed by atoms with E-state index in [0.717, 1.165) is 5.56 Å². The molecule has 122 valence electrons. The third-order valence-electron chi connectivity index (χ3n) is 3.46. The molecular formula is C18H15ClFN3S. The van der Waals surface area contributed by atoms with E-state index in [2.05, 4.69) is 16.8 Å². The van der Waals surface area contributed by atoms with Crippen molar-refractivity contribution in [2.45, 2.75) is 17.5 Å². The second-order valence-corrected chi connectivity index (χ2v) is 6.42. The normalized spacial score (nSPS) is 10.8. The molecule has 0 bridgehead atoms. The Balaban J connectivity index is 1.90. The van der Waals surface area contributed by atoms with Crippen molar-refractivity contribution >= 4 is 23.4 Å². The van der Waals surface area contributed by atoms with E-state index in [1.54, 1.807) is 18.2 Å². The van der Waals surface area contributed by atoms with E-state index in [1.165, 1.54) is 17.8 Å². The van der Waals surface area contributed by atoms with Crippen molar-refractivity contribution in [2.75, 3.05) is 0 Å². The summed E-state index contributed by atoms with van der Waals surface area (Å²) in [5.74, 6) is 0.937. The molecule has 6 heteroatoms. The molecule has 0 aliphatic heterocycles. The molecule has 3 aromatic rings. The molecule has 3 nitrogen and oxygen atoms in total. The molecule has 0 fully saturated rings. The molecule has 24 heavy (non-hydrogen) atoms. The molecule has 2 aromatic carbocycles. The van der Waals surface area contributed by atoms with Crippen molar-refractivity contribution in [2.24, 2.45) is 0 Å². The van der Waals surface area contributed by atoms with Gasteiger partial charge in [0, 0.05) is 17.9 Å². The van der Waals surface area contributed by atoms with Gasteiger partial charge in [-0.05, 0) is 23.8 Å². The van der Waals surface area contributed by atoms with Crippen LogP contribution in [0.25, 0.3) is 11.4 Å². The number of hydrogen-bond acceptors (Lipinski definition) is 3. The molecule has 0 aliphatic carbocycles. The number of thioether (sulfide) groups is 1.